The van der Waals surface area contributed by atoms with Crippen LogP contribution < -0.4 is 0 Å². The zero-order chi connectivity index (χ0) is 8.39. The standard InChI is InChI=1S/C9H13NO2/c1-10-4-2-3-8(7-10)9-11-5-6-12-9/h2-3,7,9H,4-6H2,1H3. The molecular weight excluding hydrogens is 154 g/mol. The van der Waals surface area contributed by atoms with E-state index in [1.165, 1.54) is 0 Å². The third-order valence-corrected chi connectivity index (χ3v) is 1.97. The maximum atomic E-state index is 5.37. The lowest BCUT2D eigenvalue weighted by Crippen LogP contribution is -2.20. The predicted molar refractivity (Wildman–Crippen MR) is 45.5 cm³/mol. The van der Waals surface area contributed by atoms with E-state index in [-0.39, 0.29) is 6.29 Å². The first-order chi connectivity index (χ1) is 5.86. The average molecular weight is 167 g/mol. The van der Waals surface area contributed by atoms with Crippen LogP contribution in [0.4, 0.5) is 0 Å². The van der Waals surface area contributed by atoms with E-state index < -0.39 is 0 Å². The molecular formula is C9H13NO2. The van der Waals surface area contributed by atoms with Crippen LogP contribution in [0.25, 0.3) is 0 Å². The fourth-order valence-corrected chi connectivity index (χ4v) is 1.40. The SMILES string of the molecule is CN1C=C(C2OCCO2)C=CC1. The van der Waals surface area contributed by atoms with E-state index >= 15 is 0 Å². The molecule has 3 nitrogen and oxygen atoms in total. The fraction of sp³-hybridized carbons (Fsp3) is 0.556. The van der Waals surface area contributed by atoms with E-state index in [9.17, 15) is 0 Å². The number of hydrogen-bond donors (Lipinski definition) is 0. The van der Waals surface area contributed by atoms with Gasteiger partial charge in [-0.25, -0.2) is 0 Å². The van der Waals surface area contributed by atoms with Crippen LogP contribution in [-0.2, 0) is 9.47 Å². The summed E-state index contributed by atoms with van der Waals surface area (Å²) in [4.78, 5) is 2.11. The molecule has 66 valence electrons. The third-order valence-electron chi connectivity index (χ3n) is 1.97. The normalized spacial score (nSPS) is 24.8. The highest BCUT2D eigenvalue weighted by molar-refractivity contribution is 5.24. The van der Waals surface area contributed by atoms with E-state index in [4.69, 9.17) is 9.47 Å². The van der Waals surface area contributed by atoms with Gasteiger partial charge in [-0.15, -0.1) is 0 Å². The lowest BCUT2D eigenvalue weighted by atomic mass is 10.2. The predicted octanol–water partition coefficient (Wildman–Crippen LogP) is 0.745. The summed E-state index contributed by atoms with van der Waals surface area (Å²) in [5.74, 6) is 0. The molecule has 0 aromatic heterocycles. The Bertz CT molecular complexity index is 217. The van der Waals surface area contributed by atoms with Crippen molar-refractivity contribution in [3.8, 4) is 0 Å². The van der Waals surface area contributed by atoms with Gasteiger partial charge in [-0.05, 0) is 0 Å². The number of nitrogens with zero attached hydrogens (tertiary/aromatic N) is 1. The van der Waals surface area contributed by atoms with Crippen molar-refractivity contribution in [1.29, 1.82) is 0 Å². The molecule has 12 heavy (non-hydrogen) atoms. The second-order valence-electron chi connectivity index (χ2n) is 3.04. The molecule has 0 bridgehead atoms. The maximum absolute atomic E-state index is 5.37. The van der Waals surface area contributed by atoms with Crippen LogP contribution in [-0.4, -0.2) is 38.0 Å². The van der Waals surface area contributed by atoms with Crippen LogP contribution in [0, 0.1) is 0 Å². The van der Waals surface area contributed by atoms with Gasteiger partial charge in [-0.3, -0.25) is 0 Å². The smallest absolute Gasteiger partial charge is 0.185 e. The molecule has 0 aromatic rings. The van der Waals surface area contributed by atoms with E-state index in [1.807, 2.05) is 7.05 Å². The lowest BCUT2D eigenvalue weighted by Gasteiger charge is -2.20. The Morgan fingerprint density at radius 2 is 2.17 bits per heavy atom. The summed E-state index contributed by atoms with van der Waals surface area (Å²) in [7, 11) is 2.04. The molecule has 2 heterocycles. The van der Waals surface area contributed by atoms with Gasteiger partial charge in [0, 0.05) is 25.4 Å². The number of hydrogen-bond acceptors (Lipinski definition) is 3. The molecule has 0 aromatic carbocycles. The third kappa shape index (κ3) is 1.52. The maximum Gasteiger partial charge on any atom is 0.185 e. The average Bonchev–Trinajstić information content (AvgIpc) is 2.56. The summed E-state index contributed by atoms with van der Waals surface area (Å²) in [6.45, 7) is 2.38. The molecule has 0 saturated carbocycles. The van der Waals surface area contributed by atoms with Crippen molar-refractivity contribution in [2.45, 2.75) is 6.29 Å². The quantitative estimate of drug-likeness (QED) is 0.575. The zero-order valence-corrected chi connectivity index (χ0v) is 7.19. The fourth-order valence-electron chi connectivity index (χ4n) is 1.40. The van der Waals surface area contributed by atoms with Crippen molar-refractivity contribution in [2.24, 2.45) is 0 Å². The molecule has 2 aliphatic rings. The Morgan fingerprint density at radius 1 is 1.42 bits per heavy atom. The van der Waals surface area contributed by atoms with Gasteiger partial charge in [-0.2, -0.15) is 0 Å². The van der Waals surface area contributed by atoms with Gasteiger partial charge >= 0.3 is 0 Å². The van der Waals surface area contributed by atoms with Crippen molar-refractivity contribution in [3.05, 3.63) is 23.9 Å². The second-order valence-corrected chi connectivity index (χ2v) is 3.04. The van der Waals surface area contributed by atoms with Crippen LogP contribution in [0.1, 0.15) is 0 Å². The summed E-state index contributed by atoms with van der Waals surface area (Å²) >= 11 is 0. The molecule has 3 heteroatoms. The van der Waals surface area contributed by atoms with Crippen molar-refractivity contribution in [1.82, 2.24) is 4.90 Å². The number of likely N-dealkylation sites (N-methyl/N-ethyl adjacent to an activating group) is 1. The van der Waals surface area contributed by atoms with Gasteiger partial charge in [0.25, 0.3) is 0 Å². The van der Waals surface area contributed by atoms with E-state index in [1.54, 1.807) is 0 Å². The lowest BCUT2D eigenvalue weighted by molar-refractivity contribution is -0.00958. The molecule has 1 saturated heterocycles. The van der Waals surface area contributed by atoms with Crippen molar-refractivity contribution >= 4 is 0 Å². The topological polar surface area (TPSA) is 21.7 Å². The summed E-state index contributed by atoms with van der Waals surface area (Å²) in [5, 5.41) is 0. The molecule has 0 spiro atoms. The minimum absolute atomic E-state index is 0.135. The van der Waals surface area contributed by atoms with Crippen molar-refractivity contribution < 1.29 is 9.47 Å². The number of rotatable bonds is 1. The Kier molecular flexibility index (Phi) is 2.15. The van der Waals surface area contributed by atoms with E-state index in [0.717, 1.165) is 12.1 Å². The first-order valence-electron chi connectivity index (χ1n) is 4.18. The molecule has 0 aliphatic carbocycles. The largest absolute Gasteiger partial charge is 0.376 e. The van der Waals surface area contributed by atoms with Gasteiger partial charge in [0.1, 0.15) is 0 Å². The summed E-state index contributed by atoms with van der Waals surface area (Å²) in [6, 6.07) is 0. The van der Waals surface area contributed by atoms with Crippen LogP contribution in [0.3, 0.4) is 0 Å². The van der Waals surface area contributed by atoms with Crippen LogP contribution >= 0.6 is 0 Å². The van der Waals surface area contributed by atoms with E-state index in [2.05, 4.69) is 23.3 Å². The Hall–Kier alpha value is -0.800. The Balaban J connectivity index is 2.06. The first kappa shape index (κ1) is 7.83. The Labute approximate surface area is 72.3 Å². The minimum Gasteiger partial charge on any atom is -0.376 e. The number of ether oxygens (including phenoxy) is 2. The molecule has 1 fully saturated rings. The summed E-state index contributed by atoms with van der Waals surface area (Å²) < 4.78 is 10.7. The van der Waals surface area contributed by atoms with Gasteiger partial charge < -0.3 is 14.4 Å². The molecule has 2 rings (SSSR count). The van der Waals surface area contributed by atoms with Gasteiger partial charge in [0.15, 0.2) is 6.29 Å². The monoisotopic (exact) mass is 167 g/mol. The van der Waals surface area contributed by atoms with Gasteiger partial charge in [0.05, 0.1) is 13.2 Å². The van der Waals surface area contributed by atoms with Crippen LogP contribution in [0.5, 0.6) is 0 Å². The van der Waals surface area contributed by atoms with Crippen LogP contribution in [0.15, 0.2) is 23.9 Å². The van der Waals surface area contributed by atoms with E-state index in [0.29, 0.717) is 13.2 Å². The highest BCUT2D eigenvalue weighted by atomic mass is 16.7. The summed E-state index contributed by atoms with van der Waals surface area (Å²) in [6.07, 6.45) is 6.11. The molecule has 0 N–H and O–H groups in total. The summed E-state index contributed by atoms with van der Waals surface area (Å²) in [5.41, 5.74) is 1.11. The zero-order valence-electron chi connectivity index (χ0n) is 7.19. The molecule has 2 aliphatic heterocycles. The van der Waals surface area contributed by atoms with Crippen molar-refractivity contribution in [3.63, 3.8) is 0 Å². The molecule has 0 radical (unpaired) electrons. The van der Waals surface area contributed by atoms with Gasteiger partial charge in [0.2, 0.25) is 0 Å². The second kappa shape index (κ2) is 3.29. The highest BCUT2D eigenvalue weighted by Gasteiger charge is 2.20. The Morgan fingerprint density at radius 3 is 2.83 bits per heavy atom. The molecule has 0 amide bonds. The highest BCUT2D eigenvalue weighted by Crippen LogP contribution is 2.17. The van der Waals surface area contributed by atoms with Crippen molar-refractivity contribution in [2.75, 3.05) is 26.8 Å². The van der Waals surface area contributed by atoms with Gasteiger partial charge in [-0.1, -0.05) is 12.2 Å². The molecule has 0 unspecified atom stereocenters. The van der Waals surface area contributed by atoms with Crippen LogP contribution in [0.2, 0.25) is 0 Å². The first-order valence-corrected chi connectivity index (χ1v) is 4.18. The minimum atomic E-state index is -0.135. The molecule has 0 atom stereocenters.